The van der Waals surface area contributed by atoms with E-state index in [9.17, 15) is 0 Å². The smallest absolute Gasteiger partial charge is 0.0377 e. The fourth-order valence-electron chi connectivity index (χ4n) is 0.629. The Labute approximate surface area is 58.8 Å². The Morgan fingerprint density at radius 3 is 2.50 bits per heavy atom. The van der Waals surface area contributed by atoms with Gasteiger partial charge in [-0.3, -0.25) is 0 Å². The largest absolute Gasteiger partial charge is 0.0891 e. The van der Waals surface area contributed by atoms with E-state index in [4.69, 9.17) is 23.2 Å². The Morgan fingerprint density at radius 1 is 1.38 bits per heavy atom. The molecule has 0 N–H and O–H groups in total. The average Bonchev–Trinajstić information content (AvgIpc) is 1.64. The quantitative estimate of drug-likeness (QED) is 0.496. The minimum Gasteiger partial charge on any atom is -0.0891 e. The van der Waals surface area contributed by atoms with Crippen molar-refractivity contribution in [3.63, 3.8) is 0 Å². The van der Waals surface area contributed by atoms with Gasteiger partial charge in [0.05, 0.1) is 0 Å². The lowest BCUT2D eigenvalue weighted by Gasteiger charge is -2.00. The van der Waals surface area contributed by atoms with Gasteiger partial charge in [0, 0.05) is 10.1 Å². The van der Waals surface area contributed by atoms with Crippen LogP contribution in [-0.2, 0) is 0 Å². The van der Waals surface area contributed by atoms with Crippen molar-refractivity contribution in [2.24, 2.45) is 0 Å². The molecular formula is C6H6Cl2. The first-order valence-electron chi connectivity index (χ1n) is 2.51. The lowest BCUT2D eigenvalue weighted by molar-refractivity contribution is 1.01. The summed E-state index contributed by atoms with van der Waals surface area (Å²) in [6, 6.07) is 0. The highest BCUT2D eigenvalue weighted by molar-refractivity contribution is 6.34. The van der Waals surface area contributed by atoms with Crippen LogP contribution in [0.4, 0.5) is 0 Å². The van der Waals surface area contributed by atoms with Crippen LogP contribution in [0.3, 0.4) is 0 Å². The molecule has 0 heterocycles. The Kier molecular flexibility index (Phi) is 1.98. The third kappa shape index (κ3) is 1.53. The van der Waals surface area contributed by atoms with Crippen LogP contribution >= 0.6 is 23.2 Å². The second-order valence-electron chi connectivity index (χ2n) is 1.72. The molecule has 1 rings (SSSR count). The summed E-state index contributed by atoms with van der Waals surface area (Å²) in [5.41, 5.74) is 0. The molecule has 0 aromatic rings. The first-order valence-corrected chi connectivity index (χ1v) is 3.26. The van der Waals surface area contributed by atoms with Crippen molar-refractivity contribution in [1.82, 2.24) is 0 Å². The molecular weight excluding hydrogens is 143 g/mol. The zero-order valence-corrected chi connectivity index (χ0v) is 5.84. The van der Waals surface area contributed by atoms with Gasteiger partial charge in [-0.05, 0) is 18.9 Å². The second kappa shape index (κ2) is 2.56. The molecule has 0 aliphatic heterocycles. The Balaban J connectivity index is 2.69. The van der Waals surface area contributed by atoms with Gasteiger partial charge >= 0.3 is 0 Å². The van der Waals surface area contributed by atoms with Crippen LogP contribution < -0.4 is 0 Å². The van der Waals surface area contributed by atoms with Crippen molar-refractivity contribution in [3.8, 4) is 0 Å². The number of rotatable bonds is 0. The molecule has 0 amide bonds. The maximum absolute atomic E-state index is 5.65. The predicted octanol–water partition coefficient (Wildman–Crippen LogP) is 3.03. The van der Waals surface area contributed by atoms with E-state index >= 15 is 0 Å². The van der Waals surface area contributed by atoms with Crippen LogP contribution in [-0.4, -0.2) is 0 Å². The fraction of sp³-hybridized carbons (Fsp3) is 0.333. The van der Waals surface area contributed by atoms with Crippen LogP contribution in [0.5, 0.6) is 0 Å². The molecule has 0 nitrogen and oxygen atoms in total. The molecule has 0 spiro atoms. The number of allylic oxidation sites excluding steroid dienone is 4. The van der Waals surface area contributed by atoms with Gasteiger partial charge in [-0.25, -0.2) is 0 Å². The molecule has 0 aromatic heterocycles. The lowest BCUT2D eigenvalue weighted by Crippen LogP contribution is -1.80. The molecule has 0 aromatic carbocycles. The van der Waals surface area contributed by atoms with Crippen molar-refractivity contribution < 1.29 is 0 Å². The zero-order chi connectivity index (χ0) is 5.98. The van der Waals surface area contributed by atoms with Crippen LogP contribution in [0, 0.1) is 0 Å². The third-order valence-corrected chi connectivity index (χ3v) is 1.58. The van der Waals surface area contributed by atoms with E-state index in [1.807, 2.05) is 6.08 Å². The summed E-state index contributed by atoms with van der Waals surface area (Å²) < 4.78 is 0. The molecule has 0 saturated carbocycles. The van der Waals surface area contributed by atoms with Crippen molar-refractivity contribution in [2.75, 3.05) is 0 Å². The van der Waals surface area contributed by atoms with Crippen molar-refractivity contribution in [3.05, 3.63) is 22.2 Å². The Bertz CT molecular complexity index is 145. The summed E-state index contributed by atoms with van der Waals surface area (Å²) in [5, 5.41) is 1.62. The molecule has 0 unspecified atom stereocenters. The molecule has 0 bridgehead atoms. The highest BCUT2D eigenvalue weighted by atomic mass is 35.5. The predicted molar refractivity (Wildman–Crippen MR) is 37.1 cm³/mol. The molecule has 1 aliphatic rings. The minimum atomic E-state index is 0.765. The van der Waals surface area contributed by atoms with Gasteiger partial charge < -0.3 is 0 Å². The van der Waals surface area contributed by atoms with E-state index < -0.39 is 0 Å². The Hall–Kier alpha value is 0.0600. The maximum Gasteiger partial charge on any atom is 0.0377 e. The van der Waals surface area contributed by atoms with Gasteiger partial charge in [-0.2, -0.15) is 0 Å². The van der Waals surface area contributed by atoms with E-state index in [0.29, 0.717) is 0 Å². The van der Waals surface area contributed by atoms with Gasteiger partial charge in [-0.1, -0.05) is 29.3 Å². The molecule has 0 fully saturated rings. The van der Waals surface area contributed by atoms with Gasteiger partial charge in [0.1, 0.15) is 0 Å². The van der Waals surface area contributed by atoms with Crippen LogP contribution in [0.1, 0.15) is 12.8 Å². The first-order chi connectivity index (χ1) is 3.79. The van der Waals surface area contributed by atoms with E-state index in [1.54, 1.807) is 6.08 Å². The van der Waals surface area contributed by atoms with Gasteiger partial charge in [0.25, 0.3) is 0 Å². The van der Waals surface area contributed by atoms with Crippen molar-refractivity contribution >= 4 is 23.2 Å². The molecule has 8 heavy (non-hydrogen) atoms. The van der Waals surface area contributed by atoms with Gasteiger partial charge in [0.15, 0.2) is 0 Å². The summed E-state index contributed by atoms with van der Waals surface area (Å²) >= 11 is 11.3. The highest BCUT2D eigenvalue weighted by Crippen LogP contribution is 2.21. The minimum absolute atomic E-state index is 0.765. The van der Waals surface area contributed by atoms with Crippen LogP contribution in [0.15, 0.2) is 22.2 Å². The maximum atomic E-state index is 5.65. The van der Waals surface area contributed by atoms with E-state index in [0.717, 1.165) is 22.9 Å². The van der Waals surface area contributed by atoms with E-state index in [2.05, 4.69) is 0 Å². The molecule has 0 radical (unpaired) electrons. The SMILES string of the molecule is ClC1=CCCC(Cl)=C1. The summed E-state index contributed by atoms with van der Waals surface area (Å²) in [6.45, 7) is 0. The number of hydrogen-bond acceptors (Lipinski definition) is 0. The summed E-state index contributed by atoms with van der Waals surface area (Å²) in [7, 11) is 0. The number of hydrogen-bond donors (Lipinski definition) is 0. The summed E-state index contributed by atoms with van der Waals surface area (Å²) in [4.78, 5) is 0. The summed E-state index contributed by atoms with van der Waals surface area (Å²) in [5.74, 6) is 0. The Morgan fingerprint density at radius 2 is 2.12 bits per heavy atom. The lowest BCUT2D eigenvalue weighted by atomic mass is 10.2. The van der Waals surface area contributed by atoms with Gasteiger partial charge in [-0.15, -0.1) is 0 Å². The van der Waals surface area contributed by atoms with Crippen LogP contribution in [0.25, 0.3) is 0 Å². The second-order valence-corrected chi connectivity index (χ2v) is 2.64. The van der Waals surface area contributed by atoms with E-state index in [1.165, 1.54) is 0 Å². The molecule has 2 heteroatoms. The van der Waals surface area contributed by atoms with E-state index in [-0.39, 0.29) is 0 Å². The highest BCUT2D eigenvalue weighted by Gasteiger charge is 1.98. The molecule has 44 valence electrons. The van der Waals surface area contributed by atoms with Crippen molar-refractivity contribution in [2.45, 2.75) is 12.8 Å². The zero-order valence-electron chi connectivity index (χ0n) is 4.32. The fourth-order valence-corrected chi connectivity index (χ4v) is 1.15. The monoisotopic (exact) mass is 148 g/mol. The average molecular weight is 149 g/mol. The first kappa shape index (κ1) is 6.18. The molecule has 0 saturated heterocycles. The van der Waals surface area contributed by atoms with Crippen molar-refractivity contribution in [1.29, 1.82) is 0 Å². The summed E-state index contributed by atoms with van der Waals surface area (Å²) in [6.07, 6.45) is 5.67. The third-order valence-electron chi connectivity index (χ3n) is 1.02. The van der Waals surface area contributed by atoms with Crippen LogP contribution in [0.2, 0.25) is 0 Å². The molecule has 1 aliphatic carbocycles. The topological polar surface area (TPSA) is 0 Å². The van der Waals surface area contributed by atoms with Gasteiger partial charge in [0.2, 0.25) is 0 Å². The molecule has 0 atom stereocenters. The number of halogens is 2. The normalized spacial score (nSPS) is 19.8. The standard InChI is InChI=1S/C6H6Cl2/c7-5-2-1-3-6(8)4-5/h2,4H,1,3H2.